The molecule has 0 aliphatic heterocycles. The zero-order valence-corrected chi connectivity index (χ0v) is 8.81. The fraction of sp³-hybridized carbons (Fsp3) is 0.0769. The number of aryl methyl sites for hydroxylation is 1. The summed E-state index contributed by atoms with van der Waals surface area (Å²) in [5, 5.41) is 28.3. The molecule has 0 aromatic heterocycles. The second kappa shape index (κ2) is 3.77. The van der Waals surface area contributed by atoms with Crippen molar-refractivity contribution in [1.29, 1.82) is 0 Å². The van der Waals surface area contributed by atoms with Gasteiger partial charge in [-0.1, -0.05) is 29.8 Å². The summed E-state index contributed by atoms with van der Waals surface area (Å²) >= 11 is 0. The predicted octanol–water partition coefficient (Wildman–Crippen LogP) is 2.78. The van der Waals surface area contributed by atoms with Crippen molar-refractivity contribution in [3.63, 3.8) is 0 Å². The molecule has 0 saturated heterocycles. The maximum absolute atomic E-state index is 9.67. The van der Waals surface area contributed by atoms with Gasteiger partial charge in [-0.15, -0.1) is 0 Å². The van der Waals surface area contributed by atoms with Crippen LogP contribution >= 0.6 is 0 Å². The van der Waals surface area contributed by atoms with Gasteiger partial charge in [0.15, 0.2) is 11.5 Å². The van der Waals surface area contributed by atoms with Gasteiger partial charge in [0.25, 0.3) is 0 Å². The van der Waals surface area contributed by atoms with E-state index in [1.54, 1.807) is 0 Å². The van der Waals surface area contributed by atoms with Crippen molar-refractivity contribution < 1.29 is 15.3 Å². The molecule has 0 aliphatic carbocycles. The van der Waals surface area contributed by atoms with Crippen LogP contribution in [0.2, 0.25) is 0 Å². The van der Waals surface area contributed by atoms with Crippen LogP contribution < -0.4 is 0 Å². The Bertz CT molecular complexity index is 515. The van der Waals surface area contributed by atoms with Gasteiger partial charge in [-0.3, -0.25) is 0 Å². The van der Waals surface area contributed by atoms with Crippen LogP contribution in [0.25, 0.3) is 11.1 Å². The average molecular weight is 216 g/mol. The normalized spacial score (nSPS) is 10.3. The van der Waals surface area contributed by atoms with E-state index in [0.717, 1.165) is 17.2 Å². The van der Waals surface area contributed by atoms with E-state index in [-0.39, 0.29) is 17.2 Å². The highest BCUT2D eigenvalue weighted by atomic mass is 16.3. The number of aromatic hydroxyl groups is 3. The van der Waals surface area contributed by atoms with Crippen molar-refractivity contribution in [2.45, 2.75) is 6.92 Å². The third-order valence-corrected chi connectivity index (χ3v) is 2.46. The second-order valence-electron chi connectivity index (χ2n) is 3.72. The zero-order chi connectivity index (χ0) is 11.7. The van der Waals surface area contributed by atoms with E-state index in [0.29, 0.717) is 5.56 Å². The SMILES string of the molecule is Cc1ccc(-c2cc(O)c(O)cc2O)cc1. The maximum Gasteiger partial charge on any atom is 0.161 e. The topological polar surface area (TPSA) is 60.7 Å². The van der Waals surface area contributed by atoms with E-state index < -0.39 is 0 Å². The smallest absolute Gasteiger partial charge is 0.161 e. The van der Waals surface area contributed by atoms with Gasteiger partial charge in [-0.25, -0.2) is 0 Å². The lowest BCUT2D eigenvalue weighted by atomic mass is 10.0. The zero-order valence-electron chi connectivity index (χ0n) is 8.81. The number of hydrogen-bond acceptors (Lipinski definition) is 3. The lowest BCUT2D eigenvalue weighted by Crippen LogP contribution is -1.81. The minimum absolute atomic E-state index is 0.0563. The van der Waals surface area contributed by atoms with E-state index >= 15 is 0 Å². The summed E-state index contributed by atoms with van der Waals surface area (Å²) in [6.07, 6.45) is 0. The lowest BCUT2D eigenvalue weighted by Gasteiger charge is -2.07. The van der Waals surface area contributed by atoms with Crippen LogP contribution in [0.15, 0.2) is 36.4 Å². The van der Waals surface area contributed by atoms with Crippen LogP contribution in [0.5, 0.6) is 17.2 Å². The molecule has 0 fully saturated rings. The Kier molecular flexibility index (Phi) is 2.44. The Morgan fingerprint density at radius 1 is 0.750 bits per heavy atom. The highest BCUT2D eigenvalue weighted by Gasteiger charge is 2.09. The number of benzene rings is 2. The van der Waals surface area contributed by atoms with E-state index in [1.807, 2.05) is 31.2 Å². The predicted molar refractivity (Wildman–Crippen MR) is 61.6 cm³/mol. The highest BCUT2D eigenvalue weighted by molar-refractivity contribution is 5.73. The fourth-order valence-electron chi connectivity index (χ4n) is 1.53. The summed E-state index contributed by atoms with van der Waals surface area (Å²) in [5.74, 6) is -0.624. The van der Waals surface area contributed by atoms with Crippen LogP contribution in [0.4, 0.5) is 0 Å². The highest BCUT2D eigenvalue weighted by Crippen LogP contribution is 2.38. The molecule has 0 atom stereocenters. The molecule has 16 heavy (non-hydrogen) atoms. The van der Waals surface area contributed by atoms with Gasteiger partial charge in [0.1, 0.15) is 5.75 Å². The standard InChI is InChI=1S/C13H12O3/c1-8-2-4-9(5-3-8)10-6-12(15)13(16)7-11(10)14/h2-7,14-16H,1H3. The molecule has 0 saturated carbocycles. The van der Waals surface area contributed by atoms with E-state index in [2.05, 4.69) is 0 Å². The van der Waals surface area contributed by atoms with Crippen molar-refractivity contribution in [2.24, 2.45) is 0 Å². The van der Waals surface area contributed by atoms with Gasteiger partial charge >= 0.3 is 0 Å². The molecule has 0 spiro atoms. The summed E-state index contributed by atoms with van der Waals surface area (Å²) in [6, 6.07) is 10.00. The van der Waals surface area contributed by atoms with Crippen LogP contribution in [0.1, 0.15) is 5.56 Å². The van der Waals surface area contributed by atoms with Crippen LogP contribution in [0, 0.1) is 6.92 Å². The number of phenols is 3. The van der Waals surface area contributed by atoms with E-state index in [9.17, 15) is 15.3 Å². The molecule has 3 N–H and O–H groups in total. The van der Waals surface area contributed by atoms with Crippen molar-refractivity contribution in [1.82, 2.24) is 0 Å². The molecule has 82 valence electrons. The molecule has 0 unspecified atom stereocenters. The van der Waals surface area contributed by atoms with Crippen molar-refractivity contribution >= 4 is 0 Å². The summed E-state index contributed by atoms with van der Waals surface area (Å²) in [6.45, 7) is 1.97. The molecular weight excluding hydrogens is 204 g/mol. The molecular formula is C13H12O3. The minimum Gasteiger partial charge on any atom is -0.507 e. The number of hydrogen-bond donors (Lipinski definition) is 3. The van der Waals surface area contributed by atoms with Gasteiger partial charge < -0.3 is 15.3 Å². The lowest BCUT2D eigenvalue weighted by molar-refractivity contribution is 0.397. The fourth-order valence-corrected chi connectivity index (χ4v) is 1.53. The molecule has 0 amide bonds. The van der Waals surface area contributed by atoms with E-state index in [1.165, 1.54) is 6.07 Å². The molecule has 0 heterocycles. The third-order valence-electron chi connectivity index (χ3n) is 2.46. The largest absolute Gasteiger partial charge is 0.507 e. The molecule has 2 rings (SSSR count). The first kappa shape index (κ1) is 10.4. The number of phenolic OH excluding ortho intramolecular Hbond substituents is 3. The molecule has 0 aliphatic rings. The van der Waals surface area contributed by atoms with Gasteiger partial charge in [-0.2, -0.15) is 0 Å². The van der Waals surface area contributed by atoms with Gasteiger partial charge in [0.05, 0.1) is 0 Å². The maximum atomic E-state index is 9.67. The molecule has 0 bridgehead atoms. The molecule has 3 heteroatoms. The van der Waals surface area contributed by atoms with Crippen molar-refractivity contribution in [3.8, 4) is 28.4 Å². The Hall–Kier alpha value is -2.16. The van der Waals surface area contributed by atoms with Crippen molar-refractivity contribution in [3.05, 3.63) is 42.0 Å². The quantitative estimate of drug-likeness (QED) is 0.507. The second-order valence-corrected chi connectivity index (χ2v) is 3.72. The van der Waals surface area contributed by atoms with E-state index in [4.69, 9.17) is 0 Å². The first-order chi connectivity index (χ1) is 7.58. The van der Waals surface area contributed by atoms with Crippen LogP contribution in [-0.4, -0.2) is 15.3 Å². The average Bonchev–Trinajstić information content (AvgIpc) is 2.25. The first-order valence-corrected chi connectivity index (χ1v) is 4.90. The molecule has 2 aromatic carbocycles. The van der Waals surface area contributed by atoms with Gasteiger partial charge in [-0.05, 0) is 18.6 Å². The molecule has 0 radical (unpaired) electrons. The Labute approximate surface area is 93.2 Å². The van der Waals surface area contributed by atoms with Crippen molar-refractivity contribution in [2.75, 3.05) is 0 Å². The summed E-state index contributed by atoms with van der Waals surface area (Å²) in [4.78, 5) is 0. The number of rotatable bonds is 1. The summed E-state index contributed by atoms with van der Waals surface area (Å²) in [5.41, 5.74) is 2.40. The monoisotopic (exact) mass is 216 g/mol. The van der Waals surface area contributed by atoms with Crippen LogP contribution in [-0.2, 0) is 0 Å². The Balaban J connectivity index is 2.56. The molecule has 2 aromatic rings. The first-order valence-electron chi connectivity index (χ1n) is 4.90. The van der Waals surface area contributed by atoms with Gasteiger partial charge in [0, 0.05) is 11.6 Å². The Morgan fingerprint density at radius 3 is 1.94 bits per heavy atom. The summed E-state index contributed by atoms with van der Waals surface area (Å²) < 4.78 is 0. The molecule has 3 nitrogen and oxygen atoms in total. The van der Waals surface area contributed by atoms with Crippen LogP contribution in [0.3, 0.4) is 0 Å². The summed E-state index contributed by atoms with van der Waals surface area (Å²) in [7, 11) is 0. The van der Waals surface area contributed by atoms with Gasteiger partial charge in [0.2, 0.25) is 0 Å². The minimum atomic E-state index is -0.326. The Morgan fingerprint density at radius 2 is 1.31 bits per heavy atom. The third kappa shape index (κ3) is 1.80.